The summed E-state index contributed by atoms with van der Waals surface area (Å²) in [6.07, 6.45) is 1.78. The molecule has 2 aromatic heterocycles. The summed E-state index contributed by atoms with van der Waals surface area (Å²) in [4.78, 5) is 19.1. The fourth-order valence-electron chi connectivity index (χ4n) is 4.33. The third-order valence-electron chi connectivity index (χ3n) is 5.95. The monoisotopic (exact) mass is 465 g/mol. The molecule has 1 N–H and O–H groups in total. The highest BCUT2D eigenvalue weighted by atomic mass is 32.2. The molecule has 0 bridgehead atoms. The van der Waals surface area contributed by atoms with Gasteiger partial charge in [0.05, 0.1) is 6.04 Å². The van der Waals surface area contributed by atoms with Crippen LogP contribution in [-0.2, 0) is 10.0 Å². The van der Waals surface area contributed by atoms with Gasteiger partial charge in [0.25, 0.3) is 10.0 Å². The van der Waals surface area contributed by atoms with Crippen LogP contribution in [0.15, 0.2) is 82.5 Å². The molecule has 0 saturated carbocycles. The van der Waals surface area contributed by atoms with Crippen molar-refractivity contribution in [3.63, 3.8) is 0 Å². The Kier molecular flexibility index (Phi) is 5.69. The molecule has 5 rings (SSSR count). The molecule has 4 aromatic rings. The number of nitrogens with zero attached hydrogens (tertiary/aromatic N) is 2. The molecule has 8 heteroatoms. The highest BCUT2D eigenvalue weighted by Crippen LogP contribution is 2.31. The zero-order chi connectivity index (χ0) is 22.1. The molecule has 1 aliphatic heterocycles. The number of thiophene rings is 1. The predicted molar refractivity (Wildman–Crippen MR) is 126 cm³/mol. The Balaban J connectivity index is 1.43. The molecule has 3 heterocycles. The first-order valence-electron chi connectivity index (χ1n) is 10.5. The summed E-state index contributed by atoms with van der Waals surface area (Å²) in [7, 11) is -3.49. The maximum atomic E-state index is 13.8. The van der Waals surface area contributed by atoms with Gasteiger partial charge in [-0.15, -0.1) is 11.3 Å². The first kappa shape index (κ1) is 21.1. The van der Waals surface area contributed by atoms with Gasteiger partial charge in [0, 0.05) is 48.8 Å². The number of benzene rings is 2. The number of rotatable bonds is 6. The molecule has 0 radical (unpaired) electrons. The first-order valence-corrected chi connectivity index (χ1v) is 12.8. The molecule has 1 fully saturated rings. The maximum Gasteiger partial charge on any atom is 0.252 e. The Morgan fingerprint density at radius 2 is 1.62 bits per heavy atom. The van der Waals surface area contributed by atoms with Gasteiger partial charge in [-0.2, -0.15) is 4.31 Å². The van der Waals surface area contributed by atoms with Crippen LogP contribution in [0.5, 0.6) is 0 Å². The van der Waals surface area contributed by atoms with Gasteiger partial charge in [-0.05, 0) is 23.1 Å². The van der Waals surface area contributed by atoms with Crippen molar-refractivity contribution in [1.82, 2.24) is 14.2 Å². The van der Waals surface area contributed by atoms with Crippen molar-refractivity contribution >= 4 is 38.0 Å². The highest BCUT2D eigenvalue weighted by molar-refractivity contribution is 7.91. The number of aromatic amines is 1. The average Bonchev–Trinajstić information content (AvgIpc) is 3.51. The Hall–Kier alpha value is -2.78. The summed E-state index contributed by atoms with van der Waals surface area (Å²) in [5.41, 5.74) is 2.50. The van der Waals surface area contributed by atoms with Crippen LogP contribution < -0.4 is 0 Å². The minimum Gasteiger partial charge on any atom is -0.360 e. The lowest BCUT2D eigenvalue weighted by molar-refractivity contribution is 0.0755. The first-order chi connectivity index (χ1) is 15.6. The van der Waals surface area contributed by atoms with Crippen molar-refractivity contribution in [2.45, 2.75) is 10.3 Å². The van der Waals surface area contributed by atoms with Gasteiger partial charge >= 0.3 is 0 Å². The van der Waals surface area contributed by atoms with E-state index in [0.29, 0.717) is 36.0 Å². The molecular formula is C24H23N3O3S2. The van der Waals surface area contributed by atoms with E-state index in [0.717, 1.165) is 16.5 Å². The number of hydrogen-bond donors (Lipinski definition) is 1. The second-order valence-electron chi connectivity index (χ2n) is 7.80. The number of para-hydroxylation sites is 1. The molecule has 1 atom stereocenters. The summed E-state index contributed by atoms with van der Waals surface area (Å²) < 4.78 is 27.7. The normalized spacial score (nSPS) is 16.9. The van der Waals surface area contributed by atoms with Crippen LogP contribution in [0.2, 0.25) is 0 Å². The molecule has 6 nitrogen and oxygen atoms in total. The number of nitrogens with one attached hydrogen (secondary N) is 1. The van der Waals surface area contributed by atoms with Crippen molar-refractivity contribution < 1.29 is 13.2 Å². The molecule has 0 spiro atoms. The second kappa shape index (κ2) is 8.63. The molecule has 32 heavy (non-hydrogen) atoms. The second-order valence-corrected chi connectivity index (χ2v) is 10.9. The summed E-state index contributed by atoms with van der Waals surface area (Å²) in [6, 6.07) is 20.4. The van der Waals surface area contributed by atoms with Crippen molar-refractivity contribution in [3.8, 4) is 0 Å². The third-order valence-corrected chi connectivity index (χ3v) is 9.22. The molecule has 1 saturated heterocycles. The minimum absolute atomic E-state index is 0.0169. The number of carbonyl (C=O) groups excluding carboxylic acids is 1. The summed E-state index contributed by atoms with van der Waals surface area (Å²) in [5, 5.41) is 2.67. The van der Waals surface area contributed by atoms with E-state index in [4.69, 9.17) is 0 Å². The van der Waals surface area contributed by atoms with E-state index in [1.807, 2.05) is 54.6 Å². The number of sulfonamides is 1. The van der Waals surface area contributed by atoms with Gasteiger partial charge in [0.15, 0.2) is 5.78 Å². The molecular weight excluding hydrogens is 442 g/mol. The maximum absolute atomic E-state index is 13.8. The van der Waals surface area contributed by atoms with Crippen LogP contribution in [0.3, 0.4) is 0 Å². The lowest BCUT2D eigenvalue weighted by Crippen LogP contribution is -2.50. The fraction of sp³-hybridized carbons (Fsp3) is 0.208. The number of fused-ring (bicyclic) bond motifs is 1. The van der Waals surface area contributed by atoms with Crippen LogP contribution in [0.1, 0.15) is 22.0 Å². The van der Waals surface area contributed by atoms with E-state index in [2.05, 4.69) is 9.88 Å². The van der Waals surface area contributed by atoms with Crippen LogP contribution >= 0.6 is 11.3 Å². The quantitative estimate of drug-likeness (QED) is 0.434. The summed E-state index contributed by atoms with van der Waals surface area (Å²) in [6.45, 7) is 1.67. The number of carbonyl (C=O) groups is 1. The number of ketones is 1. The van der Waals surface area contributed by atoms with E-state index in [9.17, 15) is 13.2 Å². The van der Waals surface area contributed by atoms with Crippen LogP contribution in [-0.4, -0.2) is 54.6 Å². The van der Waals surface area contributed by atoms with Gasteiger partial charge in [-0.1, -0.05) is 54.6 Å². The zero-order valence-corrected chi connectivity index (χ0v) is 19.0. The van der Waals surface area contributed by atoms with E-state index in [1.54, 1.807) is 23.7 Å². The van der Waals surface area contributed by atoms with Crippen molar-refractivity contribution in [2.24, 2.45) is 0 Å². The van der Waals surface area contributed by atoms with Crippen LogP contribution in [0.4, 0.5) is 0 Å². The van der Waals surface area contributed by atoms with Gasteiger partial charge in [0.2, 0.25) is 0 Å². The highest BCUT2D eigenvalue weighted by Gasteiger charge is 2.35. The molecule has 2 aromatic carbocycles. The predicted octanol–water partition coefficient (Wildman–Crippen LogP) is 4.16. The SMILES string of the molecule is O=C(c1c[nH]c2ccccc12)C(c1ccccc1)N1CCN(S(=O)(=O)c2cccs2)CC1. The molecule has 1 aliphatic rings. The number of aromatic nitrogens is 1. The third kappa shape index (κ3) is 3.80. The molecule has 1 unspecified atom stereocenters. The largest absolute Gasteiger partial charge is 0.360 e. The summed E-state index contributed by atoms with van der Waals surface area (Å²) >= 11 is 1.23. The number of piperazine rings is 1. The number of H-pyrrole nitrogens is 1. The van der Waals surface area contributed by atoms with Crippen molar-refractivity contribution in [3.05, 3.63) is 89.4 Å². The Bertz CT molecular complexity index is 1320. The van der Waals surface area contributed by atoms with Crippen molar-refractivity contribution in [2.75, 3.05) is 26.2 Å². The summed E-state index contributed by atoms with van der Waals surface area (Å²) in [5.74, 6) is 0.0169. The molecule has 0 amide bonds. The van der Waals surface area contributed by atoms with Gasteiger partial charge in [-0.25, -0.2) is 8.42 Å². The average molecular weight is 466 g/mol. The van der Waals surface area contributed by atoms with Crippen LogP contribution in [0.25, 0.3) is 10.9 Å². The molecule has 164 valence electrons. The van der Waals surface area contributed by atoms with E-state index in [1.165, 1.54) is 15.6 Å². The van der Waals surface area contributed by atoms with Gasteiger partial charge in [-0.3, -0.25) is 9.69 Å². The minimum atomic E-state index is -3.49. The smallest absolute Gasteiger partial charge is 0.252 e. The Labute approximate surface area is 191 Å². The Morgan fingerprint density at radius 1 is 0.906 bits per heavy atom. The van der Waals surface area contributed by atoms with Gasteiger partial charge in [0.1, 0.15) is 4.21 Å². The van der Waals surface area contributed by atoms with Crippen molar-refractivity contribution in [1.29, 1.82) is 0 Å². The fourth-order valence-corrected chi connectivity index (χ4v) is 6.89. The van der Waals surface area contributed by atoms with E-state index < -0.39 is 16.1 Å². The lowest BCUT2D eigenvalue weighted by Gasteiger charge is -2.38. The number of Topliss-reactive ketones (excluding diaryl/α,β-unsaturated/α-hetero) is 1. The Morgan fingerprint density at radius 3 is 2.34 bits per heavy atom. The van der Waals surface area contributed by atoms with E-state index >= 15 is 0 Å². The number of hydrogen-bond acceptors (Lipinski definition) is 5. The zero-order valence-electron chi connectivity index (χ0n) is 17.3. The van der Waals surface area contributed by atoms with E-state index in [-0.39, 0.29) is 5.78 Å². The van der Waals surface area contributed by atoms with Crippen LogP contribution in [0, 0.1) is 0 Å². The topological polar surface area (TPSA) is 73.5 Å². The van der Waals surface area contributed by atoms with Gasteiger partial charge < -0.3 is 4.98 Å². The lowest BCUT2D eigenvalue weighted by atomic mass is 9.95. The molecule has 0 aliphatic carbocycles. The standard InChI is InChI=1S/C24H23N3O3S2/c28-24(20-17-25-21-10-5-4-9-19(20)21)23(18-7-2-1-3-8-18)26-12-14-27(15-13-26)32(29,30)22-11-6-16-31-22/h1-11,16-17,23,25H,12-15H2.